The molecule has 1 atom stereocenters. The highest BCUT2D eigenvalue weighted by Gasteiger charge is 2.30. The molecule has 1 fully saturated rings. The maximum atomic E-state index is 12.1. The van der Waals surface area contributed by atoms with Crippen LogP contribution in [0.1, 0.15) is 12.0 Å². The second kappa shape index (κ2) is 6.37. The van der Waals surface area contributed by atoms with E-state index in [0.29, 0.717) is 6.67 Å². The van der Waals surface area contributed by atoms with Gasteiger partial charge in [-0.2, -0.15) is 0 Å². The average molecular weight is 296 g/mol. The van der Waals surface area contributed by atoms with Crippen LogP contribution in [0.2, 0.25) is 0 Å². The summed E-state index contributed by atoms with van der Waals surface area (Å²) in [6.07, 6.45) is 2.76. The zero-order valence-electron chi connectivity index (χ0n) is 11.6. The quantitative estimate of drug-likeness (QED) is 0.826. The lowest BCUT2D eigenvalue weighted by molar-refractivity contribution is -0.128. The van der Waals surface area contributed by atoms with Crippen molar-refractivity contribution >= 4 is 15.7 Å². The number of hydrogen-bond acceptors (Lipinski definition) is 4. The number of carbonyl (C=O) groups is 1. The summed E-state index contributed by atoms with van der Waals surface area (Å²) in [4.78, 5) is 13.7. The lowest BCUT2D eigenvalue weighted by atomic mass is 10.1. The number of nitrogens with zero attached hydrogens (tertiary/aromatic N) is 1. The Morgan fingerprint density at radius 3 is 2.65 bits per heavy atom. The molecule has 0 aliphatic carbocycles. The molecule has 110 valence electrons. The van der Waals surface area contributed by atoms with Gasteiger partial charge < -0.3 is 4.90 Å². The molecule has 0 bridgehead atoms. The molecule has 1 aromatic carbocycles. The smallest absolute Gasteiger partial charge is 0.240 e. The van der Waals surface area contributed by atoms with Crippen LogP contribution in [-0.4, -0.2) is 50.5 Å². The van der Waals surface area contributed by atoms with Gasteiger partial charge in [-0.1, -0.05) is 30.3 Å². The van der Waals surface area contributed by atoms with Crippen LogP contribution < -0.4 is 5.32 Å². The Bertz CT molecular complexity index is 557. The summed E-state index contributed by atoms with van der Waals surface area (Å²) in [6, 6.07) is 9.82. The zero-order valence-corrected chi connectivity index (χ0v) is 12.4. The maximum Gasteiger partial charge on any atom is 0.240 e. The Hall–Kier alpha value is -1.40. The van der Waals surface area contributed by atoms with Gasteiger partial charge in [0.1, 0.15) is 9.84 Å². The van der Waals surface area contributed by atoms with Crippen LogP contribution in [-0.2, 0) is 21.1 Å². The van der Waals surface area contributed by atoms with Gasteiger partial charge in [0, 0.05) is 12.8 Å². The fraction of sp³-hybridized carbons (Fsp3) is 0.500. The van der Waals surface area contributed by atoms with Gasteiger partial charge in [-0.25, -0.2) is 8.42 Å². The third-order valence-electron chi connectivity index (χ3n) is 3.43. The SMILES string of the molecule is CS(=O)(=O)CCN1CNC(CCc2ccccc2)C1=O. The molecular weight excluding hydrogens is 276 g/mol. The first kappa shape index (κ1) is 15.0. The largest absolute Gasteiger partial charge is 0.328 e. The van der Waals surface area contributed by atoms with Crippen LogP contribution in [0.5, 0.6) is 0 Å². The minimum Gasteiger partial charge on any atom is -0.328 e. The zero-order chi connectivity index (χ0) is 14.6. The predicted octanol–water partition coefficient (Wildman–Crippen LogP) is 0.422. The molecule has 0 saturated carbocycles. The summed E-state index contributed by atoms with van der Waals surface area (Å²) in [5.74, 6) is 0.0239. The summed E-state index contributed by atoms with van der Waals surface area (Å²) in [7, 11) is -3.03. The molecule has 0 radical (unpaired) electrons. The van der Waals surface area contributed by atoms with Gasteiger partial charge in [-0.05, 0) is 18.4 Å². The van der Waals surface area contributed by atoms with Crippen molar-refractivity contribution in [3.05, 3.63) is 35.9 Å². The van der Waals surface area contributed by atoms with E-state index in [-0.39, 0.29) is 24.2 Å². The summed E-state index contributed by atoms with van der Waals surface area (Å²) in [5.41, 5.74) is 1.21. The van der Waals surface area contributed by atoms with E-state index in [0.717, 1.165) is 12.8 Å². The van der Waals surface area contributed by atoms with Gasteiger partial charge in [0.05, 0.1) is 18.5 Å². The minimum absolute atomic E-state index is 0.00424. The summed E-state index contributed by atoms with van der Waals surface area (Å²) in [5, 5.41) is 3.14. The number of aryl methyl sites for hydroxylation is 1. The second-order valence-corrected chi connectivity index (χ2v) is 7.43. The molecule has 1 heterocycles. The number of hydrogen-bond donors (Lipinski definition) is 1. The highest BCUT2D eigenvalue weighted by atomic mass is 32.2. The van der Waals surface area contributed by atoms with Gasteiger partial charge in [-0.15, -0.1) is 0 Å². The topological polar surface area (TPSA) is 66.5 Å². The molecule has 1 N–H and O–H groups in total. The molecule has 1 saturated heterocycles. The van der Waals surface area contributed by atoms with Gasteiger partial charge in [0.25, 0.3) is 0 Å². The van der Waals surface area contributed by atoms with Crippen LogP contribution >= 0.6 is 0 Å². The maximum absolute atomic E-state index is 12.1. The van der Waals surface area contributed by atoms with Crippen molar-refractivity contribution in [3.8, 4) is 0 Å². The number of sulfone groups is 1. The van der Waals surface area contributed by atoms with E-state index in [9.17, 15) is 13.2 Å². The minimum atomic E-state index is -3.03. The fourth-order valence-electron chi connectivity index (χ4n) is 2.25. The van der Waals surface area contributed by atoms with Crippen LogP contribution in [0.3, 0.4) is 0 Å². The first-order valence-corrected chi connectivity index (χ1v) is 8.75. The number of amides is 1. The molecule has 0 spiro atoms. The third-order valence-corrected chi connectivity index (χ3v) is 4.36. The molecular formula is C14H20N2O3S. The molecule has 1 aromatic rings. The third kappa shape index (κ3) is 4.31. The van der Waals surface area contributed by atoms with Gasteiger partial charge in [-0.3, -0.25) is 10.1 Å². The second-order valence-electron chi connectivity index (χ2n) is 5.17. The molecule has 1 aliphatic rings. The van der Waals surface area contributed by atoms with E-state index < -0.39 is 9.84 Å². The van der Waals surface area contributed by atoms with Crippen molar-refractivity contribution in [3.63, 3.8) is 0 Å². The normalized spacial score (nSPS) is 19.6. The standard InChI is InChI=1S/C14H20N2O3S/c1-20(18,19)10-9-16-11-15-13(14(16)17)8-7-12-5-3-2-4-6-12/h2-6,13,15H,7-11H2,1H3. The lowest BCUT2D eigenvalue weighted by Crippen LogP contribution is -2.33. The monoisotopic (exact) mass is 296 g/mol. The Morgan fingerprint density at radius 1 is 1.30 bits per heavy atom. The van der Waals surface area contributed by atoms with E-state index in [1.807, 2.05) is 30.3 Å². The Labute approximate surface area is 119 Å². The fourth-order valence-corrected chi connectivity index (χ4v) is 2.80. The van der Waals surface area contributed by atoms with E-state index in [1.165, 1.54) is 11.8 Å². The van der Waals surface area contributed by atoms with E-state index in [2.05, 4.69) is 5.32 Å². The Morgan fingerprint density at radius 2 is 2.00 bits per heavy atom. The summed E-state index contributed by atoms with van der Waals surface area (Å²) < 4.78 is 22.3. The van der Waals surface area contributed by atoms with Crippen LogP contribution in [0.4, 0.5) is 0 Å². The van der Waals surface area contributed by atoms with E-state index >= 15 is 0 Å². The highest BCUT2D eigenvalue weighted by molar-refractivity contribution is 7.90. The van der Waals surface area contributed by atoms with Gasteiger partial charge in [0.15, 0.2) is 0 Å². The number of nitrogens with one attached hydrogen (secondary N) is 1. The number of rotatable bonds is 6. The molecule has 5 nitrogen and oxygen atoms in total. The summed E-state index contributed by atoms with van der Waals surface area (Å²) >= 11 is 0. The van der Waals surface area contributed by atoms with Crippen LogP contribution in [0, 0.1) is 0 Å². The van der Waals surface area contributed by atoms with Crippen molar-refractivity contribution < 1.29 is 13.2 Å². The lowest BCUT2D eigenvalue weighted by Gasteiger charge is -2.14. The van der Waals surface area contributed by atoms with Crippen LogP contribution in [0.15, 0.2) is 30.3 Å². The van der Waals surface area contributed by atoms with Crippen molar-refractivity contribution in [2.75, 3.05) is 25.2 Å². The molecule has 1 unspecified atom stereocenters. The van der Waals surface area contributed by atoms with Crippen molar-refractivity contribution in [1.29, 1.82) is 0 Å². The first-order chi connectivity index (χ1) is 9.46. The molecule has 1 amide bonds. The molecule has 20 heavy (non-hydrogen) atoms. The molecule has 2 rings (SSSR count). The number of carbonyl (C=O) groups excluding carboxylic acids is 1. The Balaban J connectivity index is 1.82. The van der Waals surface area contributed by atoms with Crippen molar-refractivity contribution in [1.82, 2.24) is 10.2 Å². The summed E-state index contributed by atoms with van der Waals surface area (Å²) in [6.45, 7) is 0.709. The van der Waals surface area contributed by atoms with Crippen molar-refractivity contribution in [2.45, 2.75) is 18.9 Å². The van der Waals surface area contributed by atoms with Crippen LogP contribution in [0.25, 0.3) is 0 Å². The Kier molecular flexibility index (Phi) is 4.77. The first-order valence-electron chi connectivity index (χ1n) is 6.69. The number of benzene rings is 1. The van der Waals surface area contributed by atoms with E-state index in [1.54, 1.807) is 4.90 Å². The van der Waals surface area contributed by atoms with Gasteiger partial charge >= 0.3 is 0 Å². The predicted molar refractivity (Wildman–Crippen MR) is 78.0 cm³/mol. The highest BCUT2D eigenvalue weighted by Crippen LogP contribution is 2.11. The molecule has 1 aliphatic heterocycles. The van der Waals surface area contributed by atoms with E-state index in [4.69, 9.17) is 0 Å². The van der Waals surface area contributed by atoms with Crippen molar-refractivity contribution in [2.24, 2.45) is 0 Å². The van der Waals surface area contributed by atoms with Gasteiger partial charge in [0.2, 0.25) is 5.91 Å². The molecule has 6 heteroatoms. The average Bonchev–Trinajstić information content (AvgIpc) is 2.75. The molecule has 0 aromatic heterocycles.